The van der Waals surface area contributed by atoms with Gasteiger partial charge in [0.15, 0.2) is 11.5 Å². The number of ether oxygens (including phenoxy) is 3. The first-order chi connectivity index (χ1) is 19.7. The number of hydrogen-bond donors (Lipinski definition) is 1. The normalized spacial score (nSPS) is 10.8. The van der Waals surface area contributed by atoms with Gasteiger partial charge in [0, 0.05) is 41.7 Å². The Bertz CT molecular complexity index is 1300. The number of urea groups is 1. The summed E-state index contributed by atoms with van der Waals surface area (Å²) >= 11 is 7.52. The fraction of sp³-hybridized carbons (Fsp3) is 0.400. The summed E-state index contributed by atoms with van der Waals surface area (Å²) in [4.78, 5) is 32.4. The first-order valence-corrected chi connectivity index (χ1v) is 14.6. The molecule has 2 aromatic carbocycles. The van der Waals surface area contributed by atoms with Gasteiger partial charge in [-0.05, 0) is 74.7 Å². The number of rotatable bonds is 15. The van der Waals surface area contributed by atoms with E-state index in [1.165, 1.54) is 23.1 Å². The number of aryl methyl sites for hydroxylation is 1. The van der Waals surface area contributed by atoms with Crippen LogP contribution >= 0.6 is 22.9 Å². The molecule has 3 amide bonds. The van der Waals surface area contributed by atoms with Crippen molar-refractivity contribution in [3.63, 3.8) is 0 Å². The lowest BCUT2D eigenvalue weighted by molar-refractivity contribution is -0.132. The molecular weight excluding hydrogens is 569 g/mol. The molecule has 0 spiro atoms. The van der Waals surface area contributed by atoms with E-state index in [-0.39, 0.29) is 17.5 Å². The Balaban J connectivity index is 1.77. The molecule has 0 aliphatic heterocycles. The lowest BCUT2D eigenvalue weighted by Gasteiger charge is -2.28. The number of nitrogens with zero attached hydrogens (tertiary/aromatic N) is 2. The summed E-state index contributed by atoms with van der Waals surface area (Å²) in [6.45, 7) is 5.96. The quantitative estimate of drug-likeness (QED) is 0.203. The fourth-order valence-corrected chi connectivity index (χ4v) is 5.23. The van der Waals surface area contributed by atoms with Gasteiger partial charge < -0.3 is 29.3 Å². The van der Waals surface area contributed by atoms with Crippen LogP contribution in [0.25, 0.3) is 0 Å². The SMILES string of the molecule is CCOCCCN(CC(=O)N(CCc1ccc(OC)c(OC)c1)Cc1ccc(C)s1)C(=O)Nc1ccc(F)c(Cl)c1. The van der Waals surface area contributed by atoms with Gasteiger partial charge in [0.05, 0.1) is 25.8 Å². The van der Waals surface area contributed by atoms with E-state index < -0.39 is 11.8 Å². The van der Waals surface area contributed by atoms with E-state index in [9.17, 15) is 14.0 Å². The molecule has 0 saturated heterocycles. The molecule has 222 valence electrons. The van der Waals surface area contributed by atoms with Crippen molar-refractivity contribution >= 4 is 40.6 Å². The number of benzene rings is 2. The largest absolute Gasteiger partial charge is 0.493 e. The second-order valence-electron chi connectivity index (χ2n) is 9.30. The number of carbonyl (C=O) groups excluding carboxylic acids is 2. The van der Waals surface area contributed by atoms with Crippen LogP contribution in [0.5, 0.6) is 11.5 Å². The lowest BCUT2D eigenvalue weighted by atomic mass is 10.1. The molecule has 1 aromatic heterocycles. The lowest BCUT2D eigenvalue weighted by Crippen LogP contribution is -2.45. The highest BCUT2D eigenvalue weighted by atomic mass is 35.5. The fourth-order valence-electron chi connectivity index (χ4n) is 4.14. The van der Waals surface area contributed by atoms with Crippen molar-refractivity contribution in [3.05, 3.63) is 74.7 Å². The minimum absolute atomic E-state index is 0.102. The van der Waals surface area contributed by atoms with Crippen LogP contribution in [0.15, 0.2) is 48.5 Å². The Morgan fingerprint density at radius 3 is 2.44 bits per heavy atom. The molecule has 41 heavy (non-hydrogen) atoms. The molecule has 0 radical (unpaired) electrons. The maximum atomic E-state index is 13.7. The summed E-state index contributed by atoms with van der Waals surface area (Å²) in [7, 11) is 3.17. The van der Waals surface area contributed by atoms with Crippen molar-refractivity contribution in [2.75, 3.05) is 52.4 Å². The van der Waals surface area contributed by atoms with Crippen molar-refractivity contribution in [2.45, 2.75) is 33.2 Å². The molecule has 0 unspecified atom stereocenters. The van der Waals surface area contributed by atoms with E-state index in [4.69, 9.17) is 25.8 Å². The molecule has 3 aromatic rings. The van der Waals surface area contributed by atoms with Gasteiger partial charge in [-0.25, -0.2) is 9.18 Å². The minimum Gasteiger partial charge on any atom is -0.493 e. The van der Waals surface area contributed by atoms with Crippen LogP contribution in [0, 0.1) is 12.7 Å². The van der Waals surface area contributed by atoms with Crippen molar-refractivity contribution in [1.82, 2.24) is 9.80 Å². The van der Waals surface area contributed by atoms with Gasteiger partial charge in [-0.3, -0.25) is 4.79 Å². The molecule has 3 rings (SSSR count). The molecular formula is C30H37ClFN3O5S. The van der Waals surface area contributed by atoms with Gasteiger partial charge in [-0.1, -0.05) is 17.7 Å². The first kappa shape index (κ1) is 32.2. The number of hydrogen-bond acceptors (Lipinski definition) is 6. The summed E-state index contributed by atoms with van der Waals surface area (Å²) in [5.41, 5.74) is 1.32. The average Bonchev–Trinajstić information content (AvgIpc) is 3.38. The number of amides is 3. The Morgan fingerprint density at radius 1 is 1.00 bits per heavy atom. The molecule has 0 aliphatic carbocycles. The van der Waals surface area contributed by atoms with Crippen LogP contribution < -0.4 is 14.8 Å². The zero-order valence-corrected chi connectivity index (χ0v) is 25.4. The monoisotopic (exact) mass is 605 g/mol. The highest BCUT2D eigenvalue weighted by Gasteiger charge is 2.22. The highest BCUT2D eigenvalue weighted by Crippen LogP contribution is 2.28. The molecule has 0 fully saturated rings. The Labute approximate surface area is 249 Å². The highest BCUT2D eigenvalue weighted by molar-refractivity contribution is 7.11. The molecule has 0 aliphatic rings. The number of carbonyl (C=O) groups is 2. The van der Waals surface area contributed by atoms with Crippen LogP contribution in [-0.4, -0.2) is 68.8 Å². The molecule has 11 heteroatoms. The second-order valence-corrected chi connectivity index (χ2v) is 11.1. The molecule has 0 atom stereocenters. The summed E-state index contributed by atoms with van der Waals surface area (Å²) in [6.07, 6.45) is 1.13. The summed E-state index contributed by atoms with van der Waals surface area (Å²) in [6, 6.07) is 13.2. The van der Waals surface area contributed by atoms with Gasteiger partial charge in [-0.2, -0.15) is 0 Å². The number of thiophene rings is 1. The minimum atomic E-state index is -0.581. The topological polar surface area (TPSA) is 80.3 Å². The van der Waals surface area contributed by atoms with Crippen LogP contribution in [-0.2, 0) is 22.5 Å². The summed E-state index contributed by atoms with van der Waals surface area (Å²) in [5, 5.41) is 2.63. The van der Waals surface area contributed by atoms with E-state index >= 15 is 0 Å². The van der Waals surface area contributed by atoms with Gasteiger partial charge in [-0.15, -0.1) is 11.3 Å². The van der Waals surface area contributed by atoms with Crippen molar-refractivity contribution in [3.8, 4) is 11.5 Å². The van der Waals surface area contributed by atoms with Crippen LogP contribution in [0.2, 0.25) is 5.02 Å². The standard InChI is InChI=1S/C30H37ClFN3O5S/c1-5-40-16-6-14-35(30(37)33-23-9-11-26(32)25(31)18-23)20-29(36)34(19-24-10-7-21(2)41-24)15-13-22-8-12-27(38-3)28(17-22)39-4/h7-12,17-18H,5-6,13-16,19-20H2,1-4H3,(H,33,37). The Hall–Kier alpha value is -3.34. The molecule has 1 N–H and O–H groups in total. The zero-order valence-electron chi connectivity index (χ0n) is 23.9. The van der Waals surface area contributed by atoms with Gasteiger partial charge in [0.2, 0.25) is 5.91 Å². The predicted molar refractivity (Wildman–Crippen MR) is 161 cm³/mol. The van der Waals surface area contributed by atoms with E-state index in [2.05, 4.69) is 5.32 Å². The summed E-state index contributed by atoms with van der Waals surface area (Å²) in [5.74, 6) is 0.478. The summed E-state index contributed by atoms with van der Waals surface area (Å²) < 4.78 is 29.8. The van der Waals surface area contributed by atoms with Crippen molar-refractivity contribution < 1.29 is 28.2 Å². The maximum Gasteiger partial charge on any atom is 0.322 e. The first-order valence-electron chi connectivity index (χ1n) is 13.4. The maximum absolute atomic E-state index is 13.7. The average molecular weight is 606 g/mol. The molecule has 0 bridgehead atoms. The van der Waals surface area contributed by atoms with E-state index in [0.29, 0.717) is 62.9 Å². The van der Waals surface area contributed by atoms with Crippen LogP contribution in [0.3, 0.4) is 0 Å². The number of halogens is 2. The number of anilines is 1. The van der Waals surface area contributed by atoms with Crippen LogP contribution in [0.4, 0.5) is 14.9 Å². The third kappa shape index (κ3) is 9.91. The Kier molecular flexibility index (Phi) is 12.7. The van der Waals surface area contributed by atoms with Crippen molar-refractivity contribution in [1.29, 1.82) is 0 Å². The van der Waals surface area contributed by atoms with Gasteiger partial charge >= 0.3 is 6.03 Å². The van der Waals surface area contributed by atoms with Gasteiger partial charge in [0.1, 0.15) is 12.4 Å². The smallest absolute Gasteiger partial charge is 0.322 e. The van der Waals surface area contributed by atoms with Gasteiger partial charge in [0.25, 0.3) is 0 Å². The van der Waals surface area contributed by atoms with Crippen LogP contribution in [0.1, 0.15) is 28.7 Å². The van der Waals surface area contributed by atoms with E-state index in [1.807, 2.05) is 44.2 Å². The third-order valence-corrected chi connectivity index (χ3v) is 7.59. The zero-order chi connectivity index (χ0) is 29.8. The number of nitrogens with one attached hydrogen (secondary N) is 1. The Morgan fingerprint density at radius 2 is 1.78 bits per heavy atom. The second kappa shape index (κ2) is 16.2. The number of methoxy groups -OCH3 is 2. The predicted octanol–water partition coefficient (Wildman–Crippen LogP) is 6.40. The van der Waals surface area contributed by atoms with E-state index in [0.717, 1.165) is 15.3 Å². The van der Waals surface area contributed by atoms with Crippen molar-refractivity contribution in [2.24, 2.45) is 0 Å². The molecule has 0 saturated carbocycles. The molecule has 8 nitrogen and oxygen atoms in total. The van der Waals surface area contributed by atoms with E-state index in [1.54, 1.807) is 30.5 Å². The molecule has 1 heterocycles. The third-order valence-electron chi connectivity index (χ3n) is 6.32.